The summed E-state index contributed by atoms with van der Waals surface area (Å²) in [6.07, 6.45) is 1.16. The molecule has 0 radical (unpaired) electrons. The van der Waals surface area contributed by atoms with Gasteiger partial charge in [-0.3, -0.25) is 9.59 Å². The van der Waals surface area contributed by atoms with E-state index >= 15 is 0 Å². The van der Waals surface area contributed by atoms with Crippen LogP contribution in [0.5, 0.6) is 17.2 Å². The summed E-state index contributed by atoms with van der Waals surface area (Å²) in [6, 6.07) is 8.65. The Morgan fingerprint density at radius 1 is 0.935 bits per heavy atom. The van der Waals surface area contributed by atoms with E-state index in [0.29, 0.717) is 61.0 Å². The van der Waals surface area contributed by atoms with E-state index < -0.39 is 0 Å². The second-order valence-electron chi connectivity index (χ2n) is 8.64. The molecule has 0 saturated heterocycles. The molecule has 2 rings (SSSR count). The molecule has 0 saturated carbocycles. The lowest BCUT2D eigenvalue weighted by Crippen LogP contribution is -2.14. The number of ketones is 1. The lowest BCUT2D eigenvalue weighted by molar-refractivity contribution is 0.0760. The lowest BCUT2D eigenvalue weighted by Gasteiger charge is -2.18. The zero-order chi connectivity index (χ0) is 23.0. The van der Waals surface area contributed by atoms with Gasteiger partial charge >= 0.3 is 0 Å². The number of phenolic OH excluding ortho intramolecular Hbond substituents is 1. The molecule has 0 fully saturated rings. The lowest BCUT2D eigenvalue weighted by atomic mass is 9.87. The monoisotopic (exact) mass is 428 g/mol. The van der Waals surface area contributed by atoms with Crippen molar-refractivity contribution in [2.24, 2.45) is 5.41 Å². The Hall–Kier alpha value is -2.86. The first kappa shape index (κ1) is 24.4. The molecular formula is C25H32O6. The second kappa shape index (κ2) is 11.0. The molecule has 0 aromatic heterocycles. The SMILES string of the molecule is Cc1c(C=O)cccc1OCCOCCOc1ccc(C(=O)CC(C)(C)C)c(O)c1C. The average molecular weight is 429 g/mol. The van der Waals surface area contributed by atoms with Gasteiger partial charge < -0.3 is 19.3 Å². The number of carbonyl (C=O) groups excluding carboxylic acids is 2. The zero-order valence-corrected chi connectivity index (χ0v) is 19.0. The van der Waals surface area contributed by atoms with Crippen LogP contribution in [0.1, 0.15) is 59.0 Å². The Kier molecular flexibility index (Phi) is 8.63. The third kappa shape index (κ3) is 7.10. The molecule has 0 aliphatic rings. The first-order valence-corrected chi connectivity index (χ1v) is 10.4. The summed E-state index contributed by atoms with van der Waals surface area (Å²) >= 11 is 0. The first-order chi connectivity index (χ1) is 14.6. The Morgan fingerprint density at radius 3 is 2.13 bits per heavy atom. The normalized spacial score (nSPS) is 11.3. The molecule has 31 heavy (non-hydrogen) atoms. The molecule has 2 aromatic carbocycles. The van der Waals surface area contributed by atoms with Crippen LogP contribution in [0.4, 0.5) is 0 Å². The van der Waals surface area contributed by atoms with Crippen molar-refractivity contribution >= 4 is 12.1 Å². The molecular weight excluding hydrogens is 396 g/mol. The Labute approximate surface area is 184 Å². The number of carbonyl (C=O) groups is 2. The van der Waals surface area contributed by atoms with Crippen LogP contribution in [0.15, 0.2) is 30.3 Å². The third-order valence-electron chi connectivity index (χ3n) is 4.80. The van der Waals surface area contributed by atoms with Crippen LogP contribution in [-0.4, -0.2) is 43.6 Å². The summed E-state index contributed by atoms with van der Waals surface area (Å²) in [4.78, 5) is 23.4. The molecule has 0 spiro atoms. The molecule has 0 amide bonds. The molecule has 168 valence electrons. The first-order valence-electron chi connectivity index (χ1n) is 10.4. The van der Waals surface area contributed by atoms with Crippen LogP contribution in [0.25, 0.3) is 0 Å². The minimum absolute atomic E-state index is 0.0333. The molecule has 0 heterocycles. The number of aromatic hydroxyl groups is 1. The van der Waals surface area contributed by atoms with Crippen LogP contribution < -0.4 is 9.47 Å². The largest absolute Gasteiger partial charge is 0.507 e. The average Bonchev–Trinajstić information content (AvgIpc) is 2.70. The minimum atomic E-state index is -0.149. The van der Waals surface area contributed by atoms with Crippen LogP contribution >= 0.6 is 0 Å². The van der Waals surface area contributed by atoms with Crippen molar-refractivity contribution < 1.29 is 28.9 Å². The maximum absolute atomic E-state index is 12.4. The standard InChI is InChI=1S/C25H32O6/c1-17-19(16-26)7-6-8-22(17)30-13-11-29-12-14-31-23-10-9-20(24(28)18(23)2)21(27)15-25(3,4)5/h6-10,16,28H,11-15H2,1-5H3. The van der Waals surface area contributed by atoms with E-state index in [1.165, 1.54) is 0 Å². The van der Waals surface area contributed by atoms with Gasteiger partial charge in [-0.05, 0) is 37.5 Å². The molecule has 2 aromatic rings. The van der Waals surface area contributed by atoms with Gasteiger partial charge in [0, 0.05) is 23.1 Å². The number of ether oxygens (including phenoxy) is 3. The number of Topliss-reactive ketones (excluding diaryl/α,β-unsaturated/α-hetero) is 1. The maximum atomic E-state index is 12.4. The predicted molar refractivity (Wildman–Crippen MR) is 120 cm³/mol. The van der Waals surface area contributed by atoms with Gasteiger partial charge in [-0.1, -0.05) is 32.9 Å². The molecule has 0 aliphatic heterocycles. The molecule has 1 N–H and O–H groups in total. The molecule has 6 heteroatoms. The summed E-state index contributed by atoms with van der Waals surface area (Å²) in [5, 5.41) is 10.4. The van der Waals surface area contributed by atoms with Crippen LogP contribution in [0.2, 0.25) is 0 Å². The number of rotatable bonds is 11. The van der Waals surface area contributed by atoms with Gasteiger partial charge in [-0.25, -0.2) is 0 Å². The highest BCUT2D eigenvalue weighted by molar-refractivity contribution is 5.99. The van der Waals surface area contributed by atoms with Crippen molar-refractivity contribution in [1.29, 1.82) is 0 Å². The van der Waals surface area contributed by atoms with E-state index in [4.69, 9.17) is 14.2 Å². The maximum Gasteiger partial charge on any atom is 0.167 e. The van der Waals surface area contributed by atoms with Crippen molar-refractivity contribution in [3.8, 4) is 17.2 Å². The van der Waals surface area contributed by atoms with Crippen LogP contribution in [-0.2, 0) is 4.74 Å². The fraction of sp³-hybridized carbons (Fsp3) is 0.440. The molecule has 0 aliphatic carbocycles. The Balaban J connectivity index is 1.77. The van der Waals surface area contributed by atoms with Crippen molar-refractivity contribution in [1.82, 2.24) is 0 Å². The van der Waals surface area contributed by atoms with Crippen LogP contribution in [0.3, 0.4) is 0 Å². The number of benzene rings is 2. The fourth-order valence-corrected chi connectivity index (χ4v) is 3.08. The van der Waals surface area contributed by atoms with Gasteiger partial charge in [0.15, 0.2) is 5.78 Å². The van der Waals surface area contributed by atoms with Gasteiger partial charge in [-0.2, -0.15) is 0 Å². The van der Waals surface area contributed by atoms with Gasteiger partial charge in [0.2, 0.25) is 0 Å². The number of phenols is 1. The van der Waals surface area contributed by atoms with E-state index in [-0.39, 0.29) is 16.9 Å². The zero-order valence-electron chi connectivity index (χ0n) is 19.0. The number of hydrogen-bond donors (Lipinski definition) is 1. The Morgan fingerprint density at radius 2 is 1.55 bits per heavy atom. The van der Waals surface area contributed by atoms with E-state index in [9.17, 15) is 14.7 Å². The summed E-state index contributed by atoms with van der Waals surface area (Å²) in [6.45, 7) is 10.9. The minimum Gasteiger partial charge on any atom is -0.507 e. The summed E-state index contributed by atoms with van der Waals surface area (Å²) in [5.41, 5.74) is 2.12. The quantitative estimate of drug-likeness (QED) is 0.311. The number of aldehydes is 1. The van der Waals surface area contributed by atoms with E-state index in [2.05, 4.69) is 0 Å². The highest BCUT2D eigenvalue weighted by atomic mass is 16.5. The van der Waals surface area contributed by atoms with Crippen molar-refractivity contribution in [3.63, 3.8) is 0 Å². The van der Waals surface area contributed by atoms with Gasteiger partial charge in [-0.15, -0.1) is 0 Å². The number of hydrogen-bond acceptors (Lipinski definition) is 6. The molecule has 6 nitrogen and oxygen atoms in total. The molecule has 0 bridgehead atoms. The molecule has 0 atom stereocenters. The third-order valence-corrected chi connectivity index (χ3v) is 4.80. The highest BCUT2D eigenvalue weighted by Gasteiger charge is 2.21. The summed E-state index contributed by atoms with van der Waals surface area (Å²) < 4.78 is 16.9. The topological polar surface area (TPSA) is 82.1 Å². The van der Waals surface area contributed by atoms with Gasteiger partial charge in [0.25, 0.3) is 0 Å². The second-order valence-corrected chi connectivity index (χ2v) is 8.64. The summed E-state index contributed by atoms with van der Waals surface area (Å²) in [5.74, 6) is 1.06. The Bertz CT molecular complexity index is 911. The van der Waals surface area contributed by atoms with Crippen molar-refractivity contribution in [2.45, 2.75) is 41.0 Å². The van der Waals surface area contributed by atoms with E-state index in [0.717, 1.165) is 11.8 Å². The van der Waals surface area contributed by atoms with Gasteiger partial charge in [0.1, 0.15) is 36.7 Å². The van der Waals surface area contributed by atoms with Crippen molar-refractivity contribution in [3.05, 3.63) is 52.6 Å². The highest BCUT2D eigenvalue weighted by Crippen LogP contribution is 2.33. The fourth-order valence-electron chi connectivity index (χ4n) is 3.08. The molecule has 0 unspecified atom stereocenters. The smallest absolute Gasteiger partial charge is 0.167 e. The predicted octanol–water partition coefficient (Wildman–Crippen LogP) is 4.91. The van der Waals surface area contributed by atoms with Gasteiger partial charge in [0.05, 0.1) is 18.8 Å². The summed E-state index contributed by atoms with van der Waals surface area (Å²) in [7, 11) is 0. The van der Waals surface area contributed by atoms with Crippen LogP contribution in [0, 0.1) is 19.3 Å². The van der Waals surface area contributed by atoms with E-state index in [1.807, 2.05) is 33.8 Å². The van der Waals surface area contributed by atoms with E-state index in [1.54, 1.807) is 31.2 Å². The van der Waals surface area contributed by atoms with Crippen molar-refractivity contribution in [2.75, 3.05) is 26.4 Å².